The van der Waals surface area contributed by atoms with Crippen LogP contribution in [-0.4, -0.2) is 25.7 Å². The van der Waals surface area contributed by atoms with E-state index in [1.165, 1.54) is 19.2 Å². The van der Waals surface area contributed by atoms with Crippen molar-refractivity contribution in [3.63, 3.8) is 0 Å². The molecule has 0 aliphatic rings. The second kappa shape index (κ2) is 6.30. The van der Waals surface area contributed by atoms with Gasteiger partial charge in [0.25, 0.3) is 0 Å². The van der Waals surface area contributed by atoms with Crippen LogP contribution in [0.25, 0.3) is 0 Å². The molecule has 0 amide bonds. The highest BCUT2D eigenvalue weighted by atomic mass is 16.5. The van der Waals surface area contributed by atoms with E-state index in [2.05, 4.69) is 21.3 Å². The number of benzene rings is 1. The summed E-state index contributed by atoms with van der Waals surface area (Å²) in [6.45, 7) is 1.96. The lowest BCUT2D eigenvalue weighted by Crippen LogP contribution is -2.06. The third-order valence-electron chi connectivity index (χ3n) is 2.04. The average molecular weight is 247 g/mol. The van der Waals surface area contributed by atoms with Gasteiger partial charge >= 0.3 is 11.9 Å². The fraction of sp³-hybridized carbons (Fsp3) is 0.231. The van der Waals surface area contributed by atoms with Gasteiger partial charge in [0.15, 0.2) is 0 Å². The average Bonchev–Trinajstić information content (AvgIpc) is 2.37. The SMILES string of the molecule is CCOC(=O)C#Cc1ccc(N)c(C(=O)OC)c1. The van der Waals surface area contributed by atoms with Crippen LogP contribution in [0.3, 0.4) is 0 Å². The van der Waals surface area contributed by atoms with Gasteiger partial charge in [0, 0.05) is 17.2 Å². The highest BCUT2D eigenvalue weighted by Gasteiger charge is 2.09. The van der Waals surface area contributed by atoms with Gasteiger partial charge in [-0.25, -0.2) is 9.59 Å². The molecule has 0 bridgehead atoms. The van der Waals surface area contributed by atoms with Crippen molar-refractivity contribution in [1.29, 1.82) is 0 Å². The predicted molar refractivity (Wildman–Crippen MR) is 65.7 cm³/mol. The topological polar surface area (TPSA) is 78.6 Å². The molecule has 0 saturated carbocycles. The summed E-state index contributed by atoms with van der Waals surface area (Å²) >= 11 is 0. The van der Waals surface area contributed by atoms with Crippen LogP contribution < -0.4 is 5.73 Å². The molecule has 0 heterocycles. The van der Waals surface area contributed by atoms with Gasteiger partial charge in [-0.1, -0.05) is 5.92 Å². The third-order valence-corrected chi connectivity index (χ3v) is 2.04. The first kappa shape index (κ1) is 13.6. The molecule has 0 spiro atoms. The second-order valence-corrected chi connectivity index (χ2v) is 3.26. The molecule has 0 atom stereocenters. The molecule has 0 aromatic heterocycles. The van der Waals surface area contributed by atoms with E-state index in [9.17, 15) is 9.59 Å². The maximum absolute atomic E-state index is 11.4. The number of hydrogen-bond donors (Lipinski definition) is 1. The van der Waals surface area contributed by atoms with E-state index < -0.39 is 11.9 Å². The van der Waals surface area contributed by atoms with Crippen molar-refractivity contribution in [1.82, 2.24) is 0 Å². The molecule has 0 radical (unpaired) electrons. The zero-order valence-electron chi connectivity index (χ0n) is 10.1. The maximum atomic E-state index is 11.4. The van der Waals surface area contributed by atoms with Crippen molar-refractivity contribution in [3.05, 3.63) is 29.3 Å². The Morgan fingerprint density at radius 1 is 1.39 bits per heavy atom. The monoisotopic (exact) mass is 247 g/mol. The smallest absolute Gasteiger partial charge is 0.384 e. The van der Waals surface area contributed by atoms with Crippen molar-refractivity contribution in [2.45, 2.75) is 6.92 Å². The summed E-state index contributed by atoms with van der Waals surface area (Å²) in [5.41, 5.74) is 6.62. The normalized spacial score (nSPS) is 9.00. The molecule has 1 rings (SSSR count). The Morgan fingerprint density at radius 3 is 2.72 bits per heavy atom. The van der Waals surface area contributed by atoms with Gasteiger partial charge in [-0.2, -0.15) is 0 Å². The zero-order valence-corrected chi connectivity index (χ0v) is 10.1. The first-order valence-electron chi connectivity index (χ1n) is 5.25. The minimum absolute atomic E-state index is 0.216. The molecule has 5 heteroatoms. The number of rotatable bonds is 2. The zero-order chi connectivity index (χ0) is 13.5. The van der Waals surface area contributed by atoms with Crippen LogP contribution in [-0.2, 0) is 14.3 Å². The first-order valence-corrected chi connectivity index (χ1v) is 5.25. The van der Waals surface area contributed by atoms with Crippen molar-refractivity contribution >= 4 is 17.6 Å². The third kappa shape index (κ3) is 3.52. The summed E-state index contributed by atoms with van der Waals surface area (Å²) in [6.07, 6.45) is 0. The van der Waals surface area contributed by atoms with Gasteiger partial charge < -0.3 is 15.2 Å². The van der Waals surface area contributed by atoms with Crippen LogP contribution in [0, 0.1) is 11.8 Å². The number of hydrogen-bond acceptors (Lipinski definition) is 5. The summed E-state index contributed by atoms with van der Waals surface area (Å²) in [7, 11) is 1.26. The van der Waals surface area contributed by atoms with Crippen LogP contribution in [0.2, 0.25) is 0 Å². The highest BCUT2D eigenvalue weighted by Crippen LogP contribution is 2.14. The molecule has 2 N–H and O–H groups in total. The quantitative estimate of drug-likeness (QED) is 0.478. The van der Waals surface area contributed by atoms with Gasteiger partial charge in [0.2, 0.25) is 0 Å². The maximum Gasteiger partial charge on any atom is 0.384 e. The summed E-state index contributed by atoms with van der Waals surface area (Å²) in [6, 6.07) is 4.60. The summed E-state index contributed by atoms with van der Waals surface area (Å²) in [5, 5.41) is 0. The van der Waals surface area contributed by atoms with E-state index >= 15 is 0 Å². The largest absolute Gasteiger partial charge is 0.465 e. The lowest BCUT2D eigenvalue weighted by atomic mass is 10.1. The molecule has 0 aliphatic carbocycles. The highest BCUT2D eigenvalue weighted by molar-refractivity contribution is 5.95. The molecule has 0 saturated heterocycles. The van der Waals surface area contributed by atoms with Gasteiger partial charge in [-0.3, -0.25) is 0 Å². The van der Waals surface area contributed by atoms with Crippen molar-refractivity contribution in [3.8, 4) is 11.8 Å². The van der Waals surface area contributed by atoms with Crippen LogP contribution in [0.4, 0.5) is 5.69 Å². The minimum Gasteiger partial charge on any atom is -0.465 e. The second-order valence-electron chi connectivity index (χ2n) is 3.26. The van der Waals surface area contributed by atoms with E-state index in [-0.39, 0.29) is 12.2 Å². The number of methoxy groups -OCH3 is 1. The van der Waals surface area contributed by atoms with Crippen molar-refractivity contribution in [2.75, 3.05) is 19.5 Å². The van der Waals surface area contributed by atoms with Crippen LogP contribution >= 0.6 is 0 Å². The summed E-state index contributed by atoms with van der Waals surface area (Å²) in [4.78, 5) is 22.4. The number of carbonyl (C=O) groups is 2. The molecule has 1 aromatic rings. The number of nitrogens with two attached hydrogens (primary N) is 1. The van der Waals surface area contributed by atoms with Gasteiger partial charge in [0.05, 0.1) is 19.3 Å². The standard InChI is InChI=1S/C13H13NO4/c1-3-18-12(15)7-5-9-4-6-11(14)10(8-9)13(16)17-2/h4,6,8H,3,14H2,1-2H3. The molecule has 0 fully saturated rings. The fourth-order valence-corrected chi connectivity index (χ4v) is 1.21. The number of nitrogen functional groups attached to an aromatic ring is 1. The molecule has 94 valence electrons. The Labute approximate surface area is 105 Å². The van der Waals surface area contributed by atoms with Gasteiger partial charge in [0.1, 0.15) is 0 Å². The fourth-order valence-electron chi connectivity index (χ4n) is 1.21. The molecule has 0 aliphatic heterocycles. The molecule has 0 unspecified atom stereocenters. The predicted octanol–water partition coefficient (Wildman–Crippen LogP) is 0.970. The first-order chi connectivity index (χ1) is 8.58. The Morgan fingerprint density at radius 2 is 2.11 bits per heavy atom. The van der Waals surface area contributed by atoms with Crippen molar-refractivity contribution in [2.24, 2.45) is 0 Å². The molecule has 5 nitrogen and oxygen atoms in total. The lowest BCUT2D eigenvalue weighted by Gasteiger charge is -2.03. The number of anilines is 1. The molecule has 1 aromatic carbocycles. The molecule has 18 heavy (non-hydrogen) atoms. The van der Waals surface area contributed by atoms with Crippen LogP contribution in [0.5, 0.6) is 0 Å². The van der Waals surface area contributed by atoms with E-state index in [1.807, 2.05) is 0 Å². The van der Waals surface area contributed by atoms with Crippen LogP contribution in [0.1, 0.15) is 22.8 Å². The Balaban J connectivity index is 2.98. The Hall–Kier alpha value is -2.48. The van der Waals surface area contributed by atoms with Gasteiger partial charge in [-0.15, -0.1) is 0 Å². The Bertz CT molecular complexity index is 526. The van der Waals surface area contributed by atoms with E-state index in [4.69, 9.17) is 5.73 Å². The molecular weight excluding hydrogens is 234 g/mol. The van der Waals surface area contributed by atoms with E-state index in [0.29, 0.717) is 11.3 Å². The summed E-state index contributed by atoms with van der Waals surface area (Å²) < 4.78 is 9.23. The van der Waals surface area contributed by atoms with Crippen molar-refractivity contribution < 1.29 is 19.1 Å². The molecular formula is C13H13NO4. The van der Waals surface area contributed by atoms with E-state index in [0.717, 1.165) is 0 Å². The van der Waals surface area contributed by atoms with Gasteiger partial charge in [-0.05, 0) is 25.1 Å². The number of carbonyl (C=O) groups excluding carboxylic acids is 2. The summed E-state index contributed by atoms with van der Waals surface area (Å²) in [5.74, 6) is 3.72. The number of esters is 2. The Kier molecular flexibility index (Phi) is 4.76. The minimum atomic E-state index is -0.617. The van der Waals surface area contributed by atoms with Crippen LogP contribution in [0.15, 0.2) is 18.2 Å². The number of ether oxygens (including phenoxy) is 2. The lowest BCUT2D eigenvalue weighted by molar-refractivity contribution is -0.136. The van der Waals surface area contributed by atoms with E-state index in [1.54, 1.807) is 13.0 Å².